The fraction of sp³-hybridized carbons (Fsp3) is 0.417. The number of carbonyl (C=O) groups excluding carboxylic acids is 1. The quantitative estimate of drug-likeness (QED) is 0.686. The minimum absolute atomic E-state index is 0.142. The van der Waals surface area contributed by atoms with Gasteiger partial charge in [0.25, 0.3) is 0 Å². The summed E-state index contributed by atoms with van der Waals surface area (Å²) < 4.78 is 25.6. The number of rotatable bonds is 6. The van der Waals surface area contributed by atoms with Gasteiger partial charge in [-0.25, -0.2) is 13.1 Å². The zero-order chi connectivity index (χ0) is 14.5. The maximum atomic E-state index is 11.7. The molecule has 1 amide bonds. The Bertz CT molecular complexity index is 543. The van der Waals surface area contributed by atoms with Crippen molar-refractivity contribution in [2.75, 3.05) is 20.6 Å². The third-order valence-electron chi connectivity index (χ3n) is 2.65. The molecule has 1 aromatic rings. The van der Waals surface area contributed by atoms with Gasteiger partial charge in [0.1, 0.15) is 0 Å². The molecule has 0 aromatic heterocycles. The van der Waals surface area contributed by atoms with Crippen LogP contribution in [0.2, 0.25) is 0 Å². The molecule has 0 aliphatic rings. The highest BCUT2D eigenvalue weighted by molar-refractivity contribution is 7.89. The molecule has 6 nitrogen and oxygen atoms in total. The van der Waals surface area contributed by atoms with Crippen LogP contribution in [0.25, 0.3) is 0 Å². The number of benzene rings is 1. The molecule has 0 saturated carbocycles. The lowest BCUT2D eigenvalue weighted by atomic mass is 10.1. The Labute approximate surface area is 113 Å². The van der Waals surface area contributed by atoms with Crippen molar-refractivity contribution in [3.05, 3.63) is 29.8 Å². The summed E-state index contributed by atoms with van der Waals surface area (Å²) in [6.45, 7) is 2.03. The summed E-state index contributed by atoms with van der Waals surface area (Å²) in [6, 6.07) is 6.24. The zero-order valence-electron chi connectivity index (χ0n) is 11.2. The van der Waals surface area contributed by atoms with E-state index in [0.717, 1.165) is 5.56 Å². The molecule has 7 heteroatoms. The lowest BCUT2D eigenvalue weighted by molar-refractivity contribution is -0.120. The summed E-state index contributed by atoms with van der Waals surface area (Å²) in [5.74, 6) is -0.142. The Kier molecular flexibility index (Phi) is 5.46. The number of amides is 1. The molecule has 0 aliphatic heterocycles. The number of hydrogen-bond donors (Lipinski definition) is 3. The molecule has 1 atom stereocenters. The Morgan fingerprint density at radius 1 is 1.32 bits per heavy atom. The Morgan fingerprint density at radius 3 is 2.58 bits per heavy atom. The number of likely N-dealkylation sites (N-methyl/N-ethyl adjacent to an activating group) is 1. The predicted molar refractivity (Wildman–Crippen MR) is 73.2 cm³/mol. The fourth-order valence-corrected chi connectivity index (χ4v) is 2.39. The average molecular weight is 285 g/mol. The van der Waals surface area contributed by atoms with Crippen molar-refractivity contribution in [1.29, 1.82) is 0 Å². The van der Waals surface area contributed by atoms with Crippen molar-refractivity contribution in [2.45, 2.75) is 17.9 Å². The highest BCUT2D eigenvalue weighted by atomic mass is 32.2. The molecule has 0 bridgehead atoms. The van der Waals surface area contributed by atoms with E-state index in [0.29, 0.717) is 0 Å². The van der Waals surface area contributed by atoms with Crippen LogP contribution in [0.4, 0.5) is 0 Å². The lowest BCUT2D eigenvalue weighted by Gasteiger charge is -2.15. The van der Waals surface area contributed by atoms with Gasteiger partial charge in [0, 0.05) is 0 Å². The van der Waals surface area contributed by atoms with Gasteiger partial charge >= 0.3 is 0 Å². The maximum absolute atomic E-state index is 11.7. The van der Waals surface area contributed by atoms with Crippen molar-refractivity contribution in [3.63, 3.8) is 0 Å². The lowest BCUT2D eigenvalue weighted by Crippen LogP contribution is -2.34. The summed E-state index contributed by atoms with van der Waals surface area (Å²) in [5, 5.41) is 5.53. The smallest absolute Gasteiger partial charge is 0.240 e. The molecule has 106 valence electrons. The van der Waals surface area contributed by atoms with E-state index in [1.165, 1.54) is 13.1 Å². The first-order chi connectivity index (χ1) is 8.90. The zero-order valence-corrected chi connectivity index (χ0v) is 12.0. The SMILES string of the molecule is CNCC(=O)NC(C)c1cccc(S(=O)(=O)NC)c1. The van der Waals surface area contributed by atoms with Gasteiger partial charge in [0.15, 0.2) is 0 Å². The van der Waals surface area contributed by atoms with Crippen molar-refractivity contribution < 1.29 is 13.2 Å². The summed E-state index contributed by atoms with van der Waals surface area (Å²) in [4.78, 5) is 11.6. The summed E-state index contributed by atoms with van der Waals surface area (Å²) in [6.07, 6.45) is 0. The first kappa shape index (κ1) is 15.6. The second-order valence-corrected chi connectivity index (χ2v) is 5.99. The van der Waals surface area contributed by atoms with Crippen LogP contribution in [0.5, 0.6) is 0 Å². The van der Waals surface area contributed by atoms with Gasteiger partial charge < -0.3 is 10.6 Å². The van der Waals surface area contributed by atoms with E-state index in [1.54, 1.807) is 32.2 Å². The van der Waals surface area contributed by atoms with Crippen LogP contribution in [0, 0.1) is 0 Å². The highest BCUT2D eigenvalue weighted by Crippen LogP contribution is 2.17. The maximum Gasteiger partial charge on any atom is 0.240 e. The van der Waals surface area contributed by atoms with Crippen molar-refractivity contribution in [3.8, 4) is 0 Å². The van der Waals surface area contributed by atoms with Gasteiger partial charge in [-0.05, 0) is 38.7 Å². The van der Waals surface area contributed by atoms with Crippen LogP contribution in [0.15, 0.2) is 29.2 Å². The van der Waals surface area contributed by atoms with Crippen molar-refractivity contribution >= 4 is 15.9 Å². The van der Waals surface area contributed by atoms with E-state index in [2.05, 4.69) is 15.4 Å². The van der Waals surface area contributed by atoms with E-state index in [9.17, 15) is 13.2 Å². The topological polar surface area (TPSA) is 87.3 Å². The monoisotopic (exact) mass is 285 g/mol. The molecule has 0 saturated heterocycles. The first-order valence-corrected chi connectivity index (χ1v) is 7.36. The Morgan fingerprint density at radius 2 is 2.00 bits per heavy atom. The Hall–Kier alpha value is -1.44. The third-order valence-corrected chi connectivity index (χ3v) is 4.06. The average Bonchev–Trinajstić information content (AvgIpc) is 2.39. The van der Waals surface area contributed by atoms with E-state index < -0.39 is 10.0 Å². The van der Waals surface area contributed by atoms with Gasteiger partial charge in [-0.1, -0.05) is 12.1 Å². The molecular formula is C12H19N3O3S. The van der Waals surface area contributed by atoms with Crippen LogP contribution >= 0.6 is 0 Å². The molecule has 0 aliphatic carbocycles. The number of sulfonamides is 1. The normalized spacial score (nSPS) is 13.0. The first-order valence-electron chi connectivity index (χ1n) is 5.88. The fourth-order valence-electron chi connectivity index (χ4n) is 1.61. The van der Waals surface area contributed by atoms with Gasteiger partial charge in [0.2, 0.25) is 15.9 Å². The second kappa shape index (κ2) is 6.65. The number of hydrogen-bond acceptors (Lipinski definition) is 4. The molecule has 1 rings (SSSR count). The van der Waals surface area contributed by atoms with Gasteiger partial charge in [-0.15, -0.1) is 0 Å². The molecular weight excluding hydrogens is 266 g/mol. The minimum atomic E-state index is -3.47. The van der Waals surface area contributed by atoms with Crippen LogP contribution in [0.1, 0.15) is 18.5 Å². The summed E-state index contributed by atoms with van der Waals surface area (Å²) in [5.41, 5.74) is 0.737. The molecule has 1 unspecified atom stereocenters. The second-order valence-electron chi connectivity index (χ2n) is 4.10. The van der Waals surface area contributed by atoms with E-state index in [4.69, 9.17) is 0 Å². The van der Waals surface area contributed by atoms with Crippen LogP contribution in [-0.4, -0.2) is 35.0 Å². The standard InChI is InChI=1S/C12H19N3O3S/c1-9(15-12(16)8-13-2)10-5-4-6-11(7-10)19(17,18)14-3/h4-7,9,13-14H,8H2,1-3H3,(H,15,16). The van der Waals surface area contributed by atoms with Crippen LogP contribution in [-0.2, 0) is 14.8 Å². The molecule has 0 spiro atoms. The highest BCUT2D eigenvalue weighted by Gasteiger charge is 2.14. The minimum Gasteiger partial charge on any atom is -0.348 e. The summed E-state index contributed by atoms with van der Waals surface area (Å²) >= 11 is 0. The molecule has 0 heterocycles. The van der Waals surface area contributed by atoms with Gasteiger partial charge in [0.05, 0.1) is 17.5 Å². The molecule has 0 radical (unpaired) electrons. The number of carbonyl (C=O) groups is 1. The number of nitrogens with one attached hydrogen (secondary N) is 3. The van der Waals surface area contributed by atoms with Crippen LogP contribution in [0.3, 0.4) is 0 Å². The van der Waals surface area contributed by atoms with Gasteiger partial charge in [-0.2, -0.15) is 0 Å². The largest absolute Gasteiger partial charge is 0.348 e. The van der Waals surface area contributed by atoms with E-state index in [1.807, 2.05) is 0 Å². The van der Waals surface area contributed by atoms with E-state index >= 15 is 0 Å². The molecule has 1 aromatic carbocycles. The molecule has 0 fully saturated rings. The predicted octanol–water partition coefficient (Wildman–Crippen LogP) is -0.00870. The van der Waals surface area contributed by atoms with E-state index in [-0.39, 0.29) is 23.4 Å². The summed E-state index contributed by atoms with van der Waals surface area (Å²) in [7, 11) is -0.422. The Balaban J connectivity index is 2.91. The van der Waals surface area contributed by atoms with Crippen molar-refractivity contribution in [2.24, 2.45) is 0 Å². The molecule has 3 N–H and O–H groups in total. The van der Waals surface area contributed by atoms with Crippen molar-refractivity contribution in [1.82, 2.24) is 15.4 Å². The molecule has 19 heavy (non-hydrogen) atoms. The van der Waals surface area contributed by atoms with Crippen LogP contribution < -0.4 is 15.4 Å². The van der Waals surface area contributed by atoms with Gasteiger partial charge in [-0.3, -0.25) is 4.79 Å². The third kappa shape index (κ3) is 4.30.